The van der Waals surface area contributed by atoms with Crippen LogP contribution in [0.2, 0.25) is 0 Å². The molecule has 4 nitrogen and oxygen atoms in total. The number of halogens is 3. The van der Waals surface area contributed by atoms with E-state index in [1.165, 1.54) is 0 Å². The first-order chi connectivity index (χ1) is 7.03. The first-order valence-electron chi connectivity index (χ1n) is 4.38. The van der Waals surface area contributed by atoms with E-state index >= 15 is 0 Å². The normalized spacial score (nSPS) is 12.0. The van der Waals surface area contributed by atoms with Gasteiger partial charge >= 0.3 is 6.36 Å². The number of hydrogen-bond donors (Lipinski definition) is 1. The molecule has 86 valence electrons. The molecule has 0 unspecified atom stereocenters. The van der Waals surface area contributed by atoms with Crippen molar-refractivity contribution in [2.75, 3.05) is 13.7 Å². The first-order valence-corrected chi connectivity index (χ1v) is 4.38. The van der Waals surface area contributed by atoms with E-state index in [9.17, 15) is 13.2 Å². The Labute approximate surface area is 85.1 Å². The maximum Gasteiger partial charge on any atom is 0.522 e. The lowest BCUT2D eigenvalue weighted by Gasteiger charge is -2.09. The highest BCUT2D eigenvalue weighted by atomic mass is 19.4. The molecule has 0 aromatic carbocycles. The van der Waals surface area contributed by atoms with E-state index in [1.807, 2.05) is 0 Å². The summed E-state index contributed by atoms with van der Waals surface area (Å²) in [7, 11) is 1.74. The van der Waals surface area contributed by atoms with E-state index < -0.39 is 13.0 Å². The van der Waals surface area contributed by atoms with Crippen LogP contribution < -0.4 is 5.32 Å². The lowest BCUT2D eigenvalue weighted by molar-refractivity contribution is -0.325. The van der Waals surface area contributed by atoms with Crippen LogP contribution >= 0.6 is 0 Å². The Morgan fingerprint density at radius 3 is 2.87 bits per heavy atom. The fraction of sp³-hybridized carbons (Fsp3) is 0.625. The molecule has 1 aromatic heterocycles. The van der Waals surface area contributed by atoms with Gasteiger partial charge in [0.05, 0.1) is 13.2 Å². The fourth-order valence-electron chi connectivity index (χ4n) is 1.13. The highest BCUT2D eigenvalue weighted by molar-refractivity contribution is 4.91. The highest BCUT2D eigenvalue weighted by Gasteiger charge is 2.28. The van der Waals surface area contributed by atoms with Crippen LogP contribution in [0.25, 0.3) is 0 Å². The molecule has 0 bridgehead atoms. The van der Waals surface area contributed by atoms with Gasteiger partial charge in [-0.3, -0.25) is 4.74 Å². The molecule has 0 radical (unpaired) electrons. The fourth-order valence-corrected chi connectivity index (χ4v) is 1.13. The number of aromatic nitrogens is 2. The standard InChI is InChI=1S/C8H12F3N3O/c1-12-6-7-13-2-3-14(7)4-5-15-8(9,10)11/h2-3,12H,4-6H2,1H3. The van der Waals surface area contributed by atoms with Crippen molar-refractivity contribution in [3.8, 4) is 0 Å². The maximum atomic E-state index is 11.7. The molecule has 1 aromatic rings. The number of ether oxygens (including phenoxy) is 1. The molecule has 1 rings (SSSR count). The molecule has 0 saturated heterocycles. The second-order valence-electron chi connectivity index (χ2n) is 2.86. The number of alkyl halides is 3. The maximum absolute atomic E-state index is 11.7. The minimum absolute atomic E-state index is 0.135. The topological polar surface area (TPSA) is 39.1 Å². The third-order valence-corrected chi connectivity index (χ3v) is 1.73. The predicted octanol–water partition coefficient (Wildman–Crippen LogP) is 1.14. The highest BCUT2D eigenvalue weighted by Crippen LogP contribution is 2.15. The lowest BCUT2D eigenvalue weighted by Crippen LogP contribution is -2.19. The molecule has 0 atom stereocenters. The number of nitrogens with one attached hydrogen (secondary N) is 1. The summed E-state index contributed by atoms with van der Waals surface area (Å²) >= 11 is 0. The van der Waals surface area contributed by atoms with Gasteiger partial charge in [0.15, 0.2) is 0 Å². The van der Waals surface area contributed by atoms with Crippen molar-refractivity contribution >= 4 is 0 Å². The van der Waals surface area contributed by atoms with Gasteiger partial charge < -0.3 is 9.88 Å². The zero-order chi connectivity index (χ0) is 11.3. The van der Waals surface area contributed by atoms with Crippen LogP contribution in [0.1, 0.15) is 5.82 Å². The summed E-state index contributed by atoms with van der Waals surface area (Å²) in [5, 5.41) is 2.87. The van der Waals surface area contributed by atoms with Gasteiger partial charge in [-0.25, -0.2) is 4.98 Å². The van der Waals surface area contributed by atoms with Crippen LogP contribution in [0.15, 0.2) is 12.4 Å². The molecule has 0 amide bonds. The second kappa shape index (κ2) is 5.13. The van der Waals surface area contributed by atoms with Crippen LogP contribution in [0, 0.1) is 0 Å². The number of rotatable bonds is 5. The molecule has 0 spiro atoms. The van der Waals surface area contributed by atoms with Crippen molar-refractivity contribution in [2.45, 2.75) is 19.5 Å². The average molecular weight is 223 g/mol. The van der Waals surface area contributed by atoms with Crippen molar-refractivity contribution in [3.05, 3.63) is 18.2 Å². The Morgan fingerprint density at radius 1 is 1.53 bits per heavy atom. The lowest BCUT2D eigenvalue weighted by atomic mass is 10.5. The van der Waals surface area contributed by atoms with E-state index in [-0.39, 0.29) is 6.54 Å². The van der Waals surface area contributed by atoms with E-state index in [4.69, 9.17) is 0 Å². The summed E-state index contributed by atoms with van der Waals surface area (Å²) in [6.45, 7) is 0.242. The molecule has 15 heavy (non-hydrogen) atoms. The van der Waals surface area contributed by atoms with Crippen LogP contribution in [0.5, 0.6) is 0 Å². The quantitative estimate of drug-likeness (QED) is 0.813. The van der Waals surface area contributed by atoms with Gasteiger partial charge in [-0.15, -0.1) is 13.2 Å². The third-order valence-electron chi connectivity index (χ3n) is 1.73. The monoisotopic (exact) mass is 223 g/mol. The van der Waals surface area contributed by atoms with Gasteiger partial charge in [0.25, 0.3) is 0 Å². The zero-order valence-corrected chi connectivity index (χ0v) is 8.21. The molecule has 1 N–H and O–H groups in total. The van der Waals surface area contributed by atoms with Gasteiger partial charge in [0, 0.05) is 18.9 Å². The molecule has 0 aliphatic rings. The summed E-state index contributed by atoms with van der Waals surface area (Å²) in [5.41, 5.74) is 0. The van der Waals surface area contributed by atoms with Crippen molar-refractivity contribution in [3.63, 3.8) is 0 Å². The van der Waals surface area contributed by atoms with Crippen molar-refractivity contribution < 1.29 is 17.9 Å². The number of nitrogens with zero attached hydrogens (tertiary/aromatic N) is 2. The largest absolute Gasteiger partial charge is 0.522 e. The predicted molar refractivity (Wildman–Crippen MR) is 47.0 cm³/mol. The van der Waals surface area contributed by atoms with E-state index in [1.54, 1.807) is 24.0 Å². The third kappa shape index (κ3) is 4.30. The second-order valence-corrected chi connectivity index (χ2v) is 2.86. The van der Waals surface area contributed by atoms with Gasteiger partial charge in [0.2, 0.25) is 0 Å². The van der Waals surface area contributed by atoms with Crippen molar-refractivity contribution in [1.29, 1.82) is 0 Å². The summed E-state index contributed by atoms with van der Waals surface area (Å²) < 4.78 is 40.3. The number of imidazole rings is 1. The minimum atomic E-state index is -4.57. The Morgan fingerprint density at radius 2 is 2.27 bits per heavy atom. The zero-order valence-electron chi connectivity index (χ0n) is 8.21. The molecular weight excluding hydrogens is 211 g/mol. The van der Waals surface area contributed by atoms with E-state index in [0.29, 0.717) is 12.4 Å². The molecule has 0 aliphatic heterocycles. The Kier molecular flexibility index (Phi) is 4.10. The molecule has 0 fully saturated rings. The Bertz CT molecular complexity index is 298. The van der Waals surface area contributed by atoms with Gasteiger partial charge in [0.1, 0.15) is 5.82 Å². The summed E-state index contributed by atoms with van der Waals surface area (Å²) in [6.07, 6.45) is -1.41. The molecule has 0 aliphatic carbocycles. The first kappa shape index (κ1) is 12.0. The van der Waals surface area contributed by atoms with Crippen LogP contribution in [0.4, 0.5) is 13.2 Å². The molecular formula is C8H12F3N3O. The van der Waals surface area contributed by atoms with Gasteiger partial charge in [-0.2, -0.15) is 0 Å². The van der Waals surface area contributed by atoms with Crippen molar-refractivity contribution in [2.24, 2.45) is 0 Å². The molecule has 1 heterocycles. The summed E-state index contributed by atoms with van der Waals surface area (Å²) in [6, 6.07) is 0. The summed E-state index contributed by atoms with van der Waals surface area (Å²) in [4.78, 5) is 3.98. The Balaban J connectivity index is 2.40. The van der Waals surface area contributed by atoms with E-state index in [2.05, 4.69) is 15.0 Å². The van der Waals surface area contributed by atoms with Crippen molar-refractivity contribution in [1.82, 2.24) is 14.9 Å². The summed E-state index contributed by atoms with van der Waals surface area (Å²) in [5.74, 6) is 0.684. The van der Waals surface area contributed by atoms with Crippen LogP contribution in [-0.2, 0) is 17.8 Å². The molecule has 0 saturated carbocycles. The minimum Gasteiger partial charge on any atom is -0.332 e. The Hall–Kier alpha value is -1.08. The van der Waals surface area contributed by atoms with Crippen LogP contribution in [-0.4, -0.2) is 29.6 Å². The SMILES string of the molecule is CNCc1nccn1CCOC(F)(F)F. The smallest absolute Gasteiger partial charge is 0.332 e. The van der Waals surface area contributed by atoms with Gasteiger partial charge in [-0.05, 0) is 7.05 Å². The van der Waals surface area contributed by atoms with Crippen LogP contribution in [0.3, 0.4) is 0 Å². The van der Waals surface area contributed by atoms with Gasteiger partial charge in [-0.1, -0.05) is 0 Å². The molecule has 7 heteroatoms. The van der Waals surface area contributed by atoms with E-state index in [0.717, 1.165) is 0 Å². The average Bonchev–Trinajstić information content (AvgIpc) is 2.51. The number of hydrogen-bond acceptors (Lipinski definition) is 3.